The van der Waals surface area contributed by atoms with Crippen LogP contribution < -0.4 is 5.32 Å². The summed E-state index contributed by atoms with van der Waals surface area (Å²) in [4.78, 5) is 0. The minimum Gasteiger partial charge on any atom is -0.310 e. The lowest BCUT2D eigenvalue weighted by molar-refractivity contribution is 0.525. The number of sulfone groups is 1. The van der Waals surface area contributed by atoms with Crippen molar-refractivity contribution in [2.45, 2.75) is 19.4 Å². The number of benzene rings is 1. The van der Waals surface area contributed by atoms with Crippen molar-refractivity contribution < 1.29 is 12.8 Å². The predicted octanol–water partition coefficient (Wildman–Crippen LogP) is 2.67. The fraction of sp³-hybridized carbons (Fsp3) is 0.500. The van der Waals surface area contributed by atoms with Gasteiger partial charge in [0.15, 0.2) is 0 Å². The monoisotopic (exact) mass is 337 g/mol. The summed E-state index contributed by atoms with van der Waals surface area (Å²) in [6, 6.07) is 4.78. The first-order valence-corrected chi connectivity index (χ1v) is 8.51. The van der Waals surface area contributed by atoms with Crippen LogP contribution >= 0.6 is 15.9 Å². The largest absolute Gasteiger partial charge is 0.310 e. The number of rotatable bonds is 6. The molecule has 0 aromatic heterocycles. The van der Waals surface area contributed by atoms with E-state index in [1.807, 2.05) is 6.92 Å². The molecule has 0 spiro atoms. The van der Waals surface area contributed by atoms with Crippen LogP contribution in [0.25, 0.3) is 0 Å². The molecule has 18 heavy (non-hydrogen) atoms. The van der Waals surface area contributed by atoms with Gasteiger partial charge in [-0.05, 0) is 32.0 Å². The van der Waals surface area contributed by atoms with Crippen molar-refractivity contribution in [2.24, 2.45) is 0 Å². The molecule has 0 saturated heterocycles. The lowest BCUT2D eigenvalue weighted by Gasteiger charge is -2.15. The Bertz CT molecular complexity index is 505. The molecular formula is C12H17BrFNO2S. The summed E-state index contributed by atoms with van der Waals surface area (Å²) in [5.41, 5.74) is 0.581. The molecule has 1 aromatic carbocycles. The molecule has 6 heteroatoms. The van der Waals surface area contributed by atoms with Gasteiger partial charge < -0.3 is 5.32 Å². The van der Waals surface area contributed by atoms with Gasteiger partial charge >= 0.3 is 0 Å². The summed E-state index contributed by atoms with van der Waals surface area (Å²) in [5, 5.41) is 3.11. The molecule has 102 valence electrons. The quantitative estimate of drug-likeness (QED) is 0.812. The van der Waals surface area contributed by atoms with E-state index in [0.29, 0.717) is 23.0 Å². The fourth-order valence-corrected chi connectivity index (χ4v) is 2.62. The van der Waals surface area contributed by atoms with Crippen LogP contribution in [0.4, 0.5) is 4.39 Å². The van der Waals surface area contributed by atoms with Gasteiger partial charge in [-0.3, -0.25) is 0 Å². The summed E-state index contributed by atoms with van der Waals surface area (Å²) >= 11 is 3.20. The highest BCUT2D eigenvalue weighted by Crippen LogP contribution is 2.20. The minimum atomic E-state index is -2.92. The average Bonchev–Trinajstić information content (AvgIpc) is 2.22. The molecule has 1 aromatic rings. The highest BCUT2D eigenvalue weighted by molar-refractivity contribution is 9.10. The van der Waals surface area contributed by atoms with Crippen LogP contribution in [0.3, 0.4) is 0 Å². The molecule has 3 nitrogen and oxygen atoms in total. The Morgan fingerprint density at radius 2 is 2.11 bits per heavy atom. The molecule has 0 saturated carbocycles. The number of hydrogen-bond donors (Lipinski definition) is 1. The number of nitrogens with one attached hydrogen (secondary N) is 1. The van der Waals surface area contributed by atoms with E-state index >= 15 is 0 Å². The smallest absolute Gasteiger partial charge is 0.147 e. The van der Waals surface area contributed by atoms with Crippen LogP contribution in [0.5, 0.6) is 0 Å². The Labute approximate surface area is 116 Å². The maximum Gasteiger partial charge on any atom is 0.147 e. The topological polar surface area (TPSA) is 46.2 Å². The van der Waals surface area contributed by atoms with Crippen molar-refractivity contribution >= 4 is 25.8 Å². The van der Waals surface area contributed by atoms with E-state index in [0.717, 1.165) is 0 Å². The molecule has 0 bridgehead atoms. The summed E-state index contributed by atoms with van der Waals surface area (Å²) in [7, 11) is -2.92. The van der Waals surface area contributed by atoms with Gasteiger partial charge in [0.05, 0.1) is 5.75 Å². The Kier molecular flexibility index (Phi) is 5.75. The zero-order valence-corrected chi connectivity index (χ0v) is 12.8. The normalized spacial score (nSPS) is 13.6. The van der Waals surface area contributed by atoms with Gasteiger partial charge in [-0.25, -0.2) is 12.8 Å². The van der Waals surface area contributed by atoms with E-state index in [4.69, 9.17) is 0 Å². The molecule has 1 unspecified atom stereocenters. The highest BCUT2D eigenvalue weighted by atomic mass is 79.9. The van der Waals surface area contributed by atoms with Crippen molar-refractivity contribution in [1.82, 2.24) is 5.32 Å². The van der Waals surface area contributed by atoms with Crippen LogP contribution in [0, 0.1) is 5.82 Å². The second-order valence-corrected chi connectivity index (χ2v) is 7.50. The SMILES string of the molecule is CC(NCCCS(C)(=O)=O)c1ccc(Br)cc1F. The zero-order chi connectivity index (χ0) is 13.8. The highest BCUT2D eigenvalue weighted by Gasteiger charge is 2.10. The third-order valence-corrected chi connectivity index (χ3v) is 4.09. The van der Waals surface area contributed by atoms with Gasteiger partial charge in [0.2, 0.25) is 0 Å². The summed E-state index contributed by atoms with van der Waals surface area (Å²) in [6.45, 7) is 2.40. The van der Waals surface area contributed by atoms with Crippen molar-refractivity contribution in [3.63, 3.8) is 0 Å². The molecule has 0 aliphatic rings. The molecule has 0 radical (unpaired) electrons. The summed E-state index contributed by atoms with van der Waals surface area (Å²) in [5.74, 6) is -0.122. The average molecular weight is 338 g/mol. The van der Waals surface area contributed by atoms with E-state index in [1.165, 1.54) is 12.3 Å². The van der Waals surface area contributed by atoms with Gasteiger partial charge in [0, 0.05) is 22.3 Å². The fourth-order valence-electron chi connectivity index (χ4n) is 1.62. The Morgan fingerprint density at radius 3 is 2.67 bits per heavy atom. The van der Waals surface area contributed by atoms with Crippen LogP contribution in [-0.2, 0) is 9.84 Å². The standard InChI is InChI=1S/C12H17BrFNO2S/c1-9(15-6-3-7-18(2,16)17)11-5-4-10(13)8-12(11)14/h4-5,8-9,15H,3,6-7H2,1-2H3. The minimum absolute atomic E-state index is 0.141. The third-order valence-electron chi connectivity index (χ3n) is 2.57. The molecule has 1 rings (SSSR count). The Balaban J connectivity index is 2.48. The maximum atomic E-state index is 13.6. The first-order valence-electron chi connectivity index (χ1n) is 5.65. The molecular weight excluding hydrogens is 321 g/mol. The Morgan fingerprint density at radius 1 is 1.44 bits per heavy atom. The molecule has 0 aliphatic carbocycles. The van der Waals surface area contributed by atoms with Crippen molar-refractivity contribution in [3.05, 3.63) is 34.1 Å². The molecule has 1 atom stereocenters. The van der Waals surface area contributed by atoms with Crippen LogP contribution in [0.15, 0.2) is 22.7 Å². The lowest BCUT2D eigenvalue weighted by Crippen LogP contribution is -2.22. The number of hydrogen-bond acceptors (Lipinski definition) is 3. The lowest BCUT2D eigenvalue weighted by atomic mass is 10.1. The first kappa shape index (κ1) is 15.6. The van der Waals surface area contributed by atoms with Gasteiger partial charge in [-0.1, -0.05) is 22.0 Å². The van der Waals surface area contributed by atoms with Gasteiger partial charge in [-0.2, -0.15) is 0 Å². The van der Waals surface area contributed by atoms with Crippen molar-refractivity contribution in [1.29, 1.82) is 0 Å². The van der Waals surface area contributed by atoms with Crippen LogP contribution in [-0.4, -0.2) is 27.0 Å². The molecule has 1 N–H and O–H groups in total. The second kappa shape index (κ2) is 6.63. The van der Waals surface area contributed by atoms with Crippen molar-refractivity contribution in [2.75, 3.05) is 18.6 Å². The van der Waals surface area contributed by atoms with Crippen molar-refractivity contribution in [3.8, 4) is 0 Å². The van der Waals surface area contributed by atoms with E-state index < -0.39 is 9.84 Å². The molecule has 0 heterocycles. The zero-order valence-electron chi connectivity index (χ0n) is 10.4. The molecule has 0 amide bonds. The summed E-state index contributed by atoms with van der Waals surface area (Å²) in [6.07, 6.45) is 1.74. The summed E-state index contributed by atoms with van der Waals surface area (Å²) < 4.78 is 36.2. The maximum absolute atomic E-state index is 13.6. The van der Waals surface area contributed by atoms with Crippen LogP contribution in [0.2, 0.25) is 0 Å². The third kappa shape index (κ3) is 5.46. The molecule has 0 aliphatic heterocycles. The molecule has 0 fully saturated rings. The predicted molar refractivity (Wildman–Crippen MR) is 74.8 cm³/mol. The van der Waals surface area contributed by atoms with E-state index in [-0.39, 0.29) is 17.6 Å². The second-order valence-electron chi connectivity index (χ2n) is 4.33. The van der Waals surface area contributed by atoms with Crippen LogP contribution in [0.1, 0.15) is 24.9 Å². The van der Waals surface area contributed by atoms with E-state index in [2.05, 4.69) is 21.2 Å². The first-order chi connectivity index (χ1) is 8.29. The Hall–Kier alpha value is -0.460. The van der Waals surface area contributed by atoms with Gasteiger partial charge in [-0.15, -0.1) is 0 Å². The van der Waals surface area contributed by atoms with E-state index in [1.54, 1.807) is 12.1 Å². The van der Waals surface area contributed by atoms with Gasteiger partial charge in [0.25, 0.3) is 0 Å². The van der Waals surface area contributed by atoms with Gasteiger partial charge in [0.1, 0.15) is 15.7 Å². The number of halogens is 2. The van der Waals surface area contributed by atoms with E-state index in [9.17, 15) is 12.8 Å².